The predicted octanol–water partition coefficient (Wildman–Crippen LogP) is 4.67. The van der Waals surface area contributed by atoms with Crippen LogP contribution in [0.15, 0.2) is 58.3 Å². The molecule has 0 aliphatic rings. The van der Waals surface area contributed by atoms with Gasteiger partial charge in [0.05, 0.1) is 4.90 Å². The smallest absolute Gasteiger partial charge is 0.129 e. The van der Waals surface area contributed by atoms with E-state index in [1.54, 1.807) is 17.8 Å². The summed E-state index contributed by atoms with van der Waals surface area (Å²) in [5, 5.41) is 9.78. The molecule has 0 aliphatic carbocycles. The van der Waals surface area contributed by atoms with Gasteiger partial charge in [-0.1, -0.05) is 55.9 Å². The molecule has 0 amide bonds. The fourth-order valence-electron chi connectivity index (χ4n) is 1.71. The van der Waals surface area contributed by atoms with Crippen molar-refractivity contribution in [2.45, 2.75) is 29.6 Å². The molecule has 1 nitrogen and oxygen atoms in total. The molecule has 88 valence electrons. The molecule has 0 bridgehead atoms. The molecule has 2 aromatic rings. The van der Waals surface area contributed by atoms with E-state index in [9.17, 15) is 5.11 Å². The molecule has 0 aliphatic heterocycles. The number of phenolic OH excluding ortho intramolecular Hbond substituents is 1. The third-order valence-corrected chi connectivity index (χ3v) is 3.78. The second-order valence-electron chi connectivity index (χ2n) is 4.26. The number of aromatic hydroxyl groups is 1. The average molecular weight is 244 g/mol. The van der Waals surface area contributed by atoms with E-state index in [1.807, 2.05) is 24.3 Å². The first-order valence-corrected chi connectivity index (χ1v) is 6.55. The Labute approximate surface area is 107 Å². The van der Waals surface area contributed by atoms with Crippen LogP contribution >= 0.6 is 11.8 Å². The van der Waals surface area contributed by atoms with Gasteiger partial charge in [0.2, 0.25) is 0 Å². The standard InChI is InChI=1S/C15H16OS/c1-11(2)12-7-3-5-9-14(12)17-15-10-6-4-8-13(15)16/h3-11,16H,1-2H3. The van der Waals surface area contributed by atoms with E-state index in [2.05, 4.69) is 32.0 Å². The molecule has 0 aromatic heterocycles. The molecule has 0 unspecified atom stereocenters. The number of phenols is 1. The van der Waals surface area contributed by atoms with Crippen LogP contribution in [0.5, 0.6) is 5.75 Å². The summed E-state index contributed by atoms with van der Waals surface area (Å²) in [6.45, 7) is 4.37. The van der Waals surface area contributed by atoms with Gasteiger partial charge in [-0.2, -0.15) is 0 Å². The van der Waals surface area contributed by atoms with Crippen LogP contribution < -0.4 is 0 Å². The van der Waals surface area contributed by atoms with Crippen molar-refractivity contribution >= 4 is 11.8 Å². The number of para-hydroxylation sites is 1. The van der Waals surface area contributed by atoms with Crippen LogP contribution in [-0.4, -0.2) is 5.11 Å². The first kappa shape index (κ1) is 12.1. The first-order valence-electron chi connectivity index (χ1n) is 5.73. The second-order valence-corrected chi connectivity index (χ2v) is 5.35. The molecule has 0 heterocycles. The van der Waals surface area contributed by atoms with E-state index >= 15 is 0 Å². The van der Waals surface area contributed by atoms with Crippen LogP contribution in [0.4, 0.5) is 0 Å². The molecule has 0 saturated heterocycles. The number of hydrogen-bond donors (Lipinski definition) is 1. The summed E-state index contributed by atoms with van der Waals surface area (Å²) in [6.07, 6.45) is 0. The Morgan fingerprint density at radius 2 is 1.47 bits per heavy atom. The van der Waals surface area contributed by atoms with Gasteiger partial charge in [-0.25, -0.2) is 0 Å². The Morgan fingerprint density at radius 1 is 0.882 bits per heavy atom. The van der Waals surface area contributed by atoms with Gasteiger partial charge in [0.25, 0.3) is 0 Å². The summed E-state index contributed by atoms with van der Waals surface area (Å²) >= 11 is 1.62. The SMILES string of the molecule is CC(C)c1ccccc1Sc1ccccc1O. The van der Waals surface area contributed by atoms with Crippen LogP contribution in [-0.2, 0) is 0 Å². The molecule has 0 spiro atoms. The largest absolute Gasteiger partial charge is 0.507 e. The van der Waals surface area contributed by atoms with Crippen molar-refractivity contribution in [3.05, 3.63) is 54.1 Å². The van der Waals surface area contributed by atoms with Crippen molar-refractivity contribution in [2.24, 2.45) is 0 Å². The summed E-state index contributed by atoms with van der Waals surface area (Å²) in [6, 6.07) is 15.8. The summed E-state index contributed by atoms with van der Waals surface area (Å²) in [5.41, 5.74) is 1.32. The zero-order valence-electron chi connectivity index (χ0n) is 10.1. The van der Waals surface area contributed by atoms with Crippen molar-refractivity contribution in [1.29, 1.82) is 0 Å². The van der Waals surface area contributed by atoms with Crippen LogP contribution in [0.3, 0.4) is 0 Å². The van der Waals surface area contributed by atoms with Crippen LogP contribution in [0, 0.1) is 0 Å². The van der Waals surface area contributed by atoms with Crippen LogP contribution in [0.25, 0.3) is 0 Å². The van der Waals surface area contributed by atoms with E-state index in [1.165, 1.54) is 10.5 Å². The number of benzene rings is 2. The third kappa shape index (κ3) is 2.83. The zero-order chi connectivity index (χ0) is 12.3. The quantitative estimate of drug-likeness (QED) is 0.847. The van der Waals surface area contributed by atoms with Crippen molar-refractivity contribution in [3.63, 3.8) is 0 Å². The third-order valence-electron chi connectivity index (χ3n) is 2.63. The van der Waals surface area contributed by atoms with Crippen LogP contribution in [0.2, 0.25) is 0 Å². The van der Waals surface area contributed by atoms with Gasteiger partial charge < -0.3 is 5.11 Å². The van der Waals surface area contributed by atoms with E-state index in [0.717, 1.165) is 4.90 Å². The molecule has 0 atom stereocenters. The lowest BCUT2D eigenvalue weighted by Crippen LogP contribution is -1.90. The number of rotatable bonds is 3. The minimum atomic E-state index is 0.344. The van der Waals surface area contributed by atoms with Crippen molar-refractivity contribution in [2.75, 3.05) is 0 Å². The maximum Gasteiger partial charge on any atom is 0.129 e. The number of hydrogen-bond acceptors (Lipinski definition) is 2. The maximum absolute atomic E-state index is 9.78. The lowest BCUT2D eigenvalue weighted by molar-refractivity contribution is 0.462. The molecule has 2 heteroatoms. The highest BCUT2D eigenvalue weighted by atomic mass is 32.2. The molecule has 0 saturated carbocycles. The summed E-state index contributed by atoms with van der Waals surface area (Å²) < 4.78 is 0. The van der Waals surface area contributed by atoms with Gasteiger partial charge in [-0.3, -0.25) is 0 Å². The average Bonchev–Trinajstić information content (AvgIpc) is 2.32. The zero-order valence-corrected chi connectivity index (χ0v) is 10.9. The van der Waals surface area contributed by atoms with Gasteiger partial charge in [-0.15, -0.1) is 0 Å². The minimum absolute atomic E-state index is 0.344. The maximum atomic E-state index is 9.78. The lowest BCUT2D eigenvalue weighted by atomic mass is 10.0. The van der Waals surface area contributed by atoms with Gasteiger partial charge in [0.1, 0.15) is 5.75 Å². The predicted molar refractivity (Wildman–Crippen MR) is 72.8 cm³/mol. The monoisotopic (exact) mass is 244 g/mol. The Morgan fingerprint density at radius 3 is 2.12 bits per heavy atom. The van der Waals surface area contributed by atoms with Gasteiger partial charge in [0, 0.05) is 4.90 Å². The van der Waals surface area contributed by atoms with Crippen molar-refractivity contribution in [1.82, 2.24) is 0 Å². The highest BCUT2D eigenvalue weighted by molar-refractivity contribution is 7.99. The Hall–Kier alpha value is -1.41. The fraction of sp³-hybridized carbons (Fsp3) is 0.200. The first-order chi connectivity index (χ1) is 8.18. The molecule has 2 rings (SSSR count). The highest BCUT2D eigenvalue weighted by Crippen LogP contribution is 2.37. The molecule has 0 fully saturated rings. The molecular weight excluding hydrogens is 228 g/mol. The topological polar surface area (TPSA) is 20.2 Å². The van der Waals surface area contributed by atoms with E-state index in [0.29, 0.717) is 11.7 Å². The summed E-state index contributed by atoms with van der Waals surface area (Å²) in [7, 11) is 0. The van der Waals surface area contributed by atoms with E-state index in [-0.39, 0.29) is 0 Å². The molecular formula is C15H16OS. The summed E-state index contributed by atoms with van der Waals surface area (Å²) in [4.78, 5) is 2.12. The van der Waals surface area contributed by atoms with Crippen molar-refractivity contribution < 1.29 is 5.11 Å². The lowest BCUT2D eigenvalue weighted by Gasteiger charge is -2.12. The fourth-order valence-corrected chi connectivity index (χ4v) is 2.84. The molecule has 0 radical (unpaired) electrons. The second kappa shape index (κ2) is 5.28. The van der Waals surface area contributed by atoms with E-state index in [4.69, 9.17) is 0 Å². The van der Waals surface area contributed by atoms with Gasteiger partial charge in [0.15, 0.2) is 0 Å². The van der Waals surface area contributed by atoms with Crippen molar-refractivity contribution in [3.8, 4) is 5.75 Å². The molecule has 17 heavy (non-hydrogen) atoms. The molecule has 2 aromatic carbocycles. The van der Waals surface area contributed by atoms with Gasteiger partial charge in [-0.05, 0) is 29.7 Å². The Bertz CT molecular complexity index is 506. The Kier molecular flexibility index (Phi) is 3.75. The van der Waals surface area contributed by atoms with Crippen LogP contribution in [0.1, 0.15) is 25.3 Å². The Balaban J connectivity index is 2.34. The minimum Gasteiger partial charge on any atom is -0.507 e. The van der Waals surface area contributed by atoms with E-state index < -0.39 is 0 Å². The van der Waals surface area contributed by atoms with Gasteiger partial charge >= 0.3 is 0 Å². The molecule has 1 N–H and O–H groups in total. The normalized spacial score (nSPS) is 10.8. The highest BCUT2D eigenvalue weighted by Gasteiger charge is 2.08. The summed E-state index contributed by atoms with van der Waals surface area (Å²) in [5.74, 6) is 0.834.